The fraction of sp³-hybridized carbons (Fsp3) is 0.562. The lowest BCUT2D eigenvalue weighted by molar-refractivity contribution is -0.136. The topological polar surface area (TPSA) is 41.6 Å². The average Bonchev–Trinajstić information content (AvgIpc) is 3.29. The number of ether oxygens (including phenoxy) is 1. The van der Waals surface area contributed by atoms with Crippen LogP contribution in [0.1, 0.15) is 25.3 Å². The van der Waals surface area contributed by atoms with Crippen LogP contribution in [0.15, 0.2) is 24.3 Å². The van der Waals surface area contributed by atoms with Gasteiger partial charge in [-0.3, -0.25) is 4.79 Å². The van der Waals surface area contributed by atoms with E-state index >= 15 is 0 Å². The molecule has 1 N–H and O–H groups in total. The van der Waals surface area contributed by atoms with Crippen molar-refractivity contribution in [3.8, 4) is 5.75 Å². The third kappa shape index (κ3) is 3.73. The van der Waals surface area contributed by atoms with Gasteiger partial charge >= 0.3 is 0 Å². The minimum absolute atomic E-state index is 0.0267. The third-order valence-electron chi connectivity index (χ3n) is 3.71. The molecular formula is C16H24N2O2. The number of nitrogens with one attached hydrogen (secondary N) is 1. The first kappa shape index (κ1) is 14.9. The quantitative estimate of drug-likeness (QED) is 0.828. The van der Waals surface area contributed by atoms with Crippen molar-refractivity contribution in [3.63, 3.8) is 0 Å². The highest BCUT2D eigenvalue weighted by atomic mass is 16.5. The van der Waals surface area contributed by atoms with Crippen molar-refractivity contribution in [2.24, 2.45) is 5.92 Å². The van der Waals surface area contributed by atoms with Crippen LogP contribution >= 0.6 is 0 Å². The Bertz CT molecular complexity index is 440. The van der Waals surface area contributed by atoms with Gasteiger partial charge in [0.25, 0.3) is 0 Å². The van der Waals surface area contributed by atoms with Crippen LogP contribution in [0.2, 0.25) is 0 Å². The lowest BCUT2D eigenvalue weighted by Gasteiger charge is -2.26. The van der Waals surface area contributed by atoms with Crippen molar-refractivity contribution in [3.05, 3.63) is 29.8 Å². The Hall–Kier alpha value is -1.55. The number of benzene rings is 1. The van der Waals surface area contributed by atoms with Crippen LogP contribution in [-0.2, 0) is 11.3 Å². The van der Waals surface area contributed by atoms with Crippen LogP contribution < -0.4 is 10.1 Å². The van der Waals surface area contributed by atoms with Gasteiger partial charge in [-0.25, -0.2) is 0 Å². The second kappa shape index (κ2) is 6.75. The number of rotatable bonds is 7. The maximum absolute atomic E-state index is 12.5. The summed E-state index contributed by atoms with van der Waals surface area (Å²) >= 11 is 0. The first-order chi connectivity index (χ1) is 9.65. The van der Waals surface area contributed by atoms with E-state index in [0.717, 1.165) is 30.7 Å². The van der Waals surface area contributed by atoms with Gasteiger partial charge in [0.2, 0.25) is 5.91 Å². The van der Waals surface area contributed by atoms with Crippen molar-refractivity contribution in [1.82, 2.24) is 10.2 Å². The van der Waals surface area contributed by atoms with E-state index in [1.165, 1.54) is 0 Å². The molecule has 0 bridgehead atoms. The molecule has 4 heteroatoms. The first-order valence-electron chi connectivity index (χ1n) is 7.23. The van der Waals surface area contributed by atoms with E-state index in [9.17, 15) is 4.79 Å². The van der Waals surface area contributed by atoms with E-state index in [2.05, 4.69) is 5.32 Å². The molecule has 1 aliphatic carbocycles. The summed E-state index contributed by atoms with van der Waals surface area (Å²) in [4.78, 5) is 14.5. The molecule has 1 atom stereocenters. The molecular weight excluding hydrogens is 252 g/mol. The second-order valence-corrected chi connectivity index (χ2v) is 5.50. The Kier molecular flexibility index (Phi) is 5.01. The summed E-state index contributed by atoms with van der Waals surface area (Å²) in [5, 5.41) is 3.08. The molecule has 1 aromatic carbocycles. The maximum atomic E-state index is 12.5. The summed E-state index contributed by atoms with van der Waals surface area (Å²) in [5.41, 5.74) is 1.16. The largest absolute Gasteiger partial charge is 0.497 e. The monoisotopic (exact) mass is 276 g/mol. The maximum Gasteiger partial charge on any atom is 0.227 e. The van der Waals surface area contributed by atoms with E-state index in [1.807, 2.05) is 43.1 Å². The summed E-state index contributed by atoms with van der Waals surface area (Å²) < 4.78 is 5.16. The van der Waals surface area contributed by atoms with Gasteiger partial charge in [0.15, 0.2) is 0 Å². The number of hydrogen-bond donors (Lipinski definition) is 1. The van der Waals surface area contributed by atoms with E-state index in [0.29, 0.717) is 12.6 Å². The van der Waals surface area contributed by atoms with E-state index in [1.54, 1.807) is 7.11 Å². The molecule has 1 saturated carbocycles. The molecule has 1 aromatic rings. The number of hydrogen-bond acceptors (Lipinski definition) is 3. The fourth-order valence-electron chi connectivity index (χ4n) is 2.38. The highest BCUT2D eigenvalue weighted by Gasteiger charge is 2.34. The van der Waals surface area contributed by atoms with Gasteiger partial charge in [-0.2, -0.15) is 0 Å². The molecule has 1 amide bonds. The van der Waals surface area contributed by atoms with E-state index < -0.39 is 0 Å². The Labute approximate surface area is 121 Å². The molecule has 20 heavy (non-hydrogen) atoms. The molecule has 0 radical (unpaired) electrons. The predicted octanol–water partition coefficient (Wildman–Crippen LogP) is 2.04. The zero-order chi connectivity index (χ0) is 14.5. The molecule has 4 nitrogen and oxygen atoms in total. The molecule has 1 fully saturated rings. The summed E-state index contributed by atoms with van der Waals surface area (Å²) in [6.45, 7) is 3.41. The van der Waals surface area contributed by atoms with E-state index in [4.69, 9.17) is 4.74 Å². The molecule has 110 valence electrons. The van der Waals surface area contributed by atoms with E-state index in [-0.39, 0.29) is 11.8 Å². The van der Waals surface area contributed by atoms with Crippen molar-refractivity contribution in [2.45, 2.75) is 32.4 Å². The Balaban J connectivity index is 2.03. The van der Waals surface area contributed by atoms with Gasteiger partial charge in [-0.05, 0) is 37.6 Å². The fourth-order valence-corrected chi connectivity index (χ4v) is 2.38. The lowest BCUT2D eigenvalue weighted by atomic mass is 10.1. The van der Waals surface area contributed by atoms with Crippen LogP contribution in [0.4, 0.5) is 0 Å². The van der Waals surface area contributed by atoms with Gasteiger partial charge in [-0.15, -0.1) is 0 Å². The predicted molar refractivity (Wildman–Crippen MR) is 79.7 cm³/mol. The SMILES string of the molecule is CNCC(C)C(=O)N(Cc1ccc(OC)cc1)C1CC1. The van der Waals surface area contributed by atoms with Crippen molar-refractivity contribution in [2.75, 3.05) is 20.7 Å². The molecule has 0 heterocycles. The van der Waals surface area contributed by atoms with Gasteiger partial charge < -0.3 is 15.0 Å². The Morgan fingerprint density at radius 1 is 1.40 bits per heavy atom. The Morgan fingerprint density at radius 3 is 2.55 bits per heavy atom. The first-order valence-corrected chi connectivity index (χ1v) is 7.23. The van der Waals surface area contributed by atoms with Gasteiger partial charge in [0, 0.05) is 25.0 Å². The average molecular weight is 276 g/mol. The highest BCUT2D eigenvalue weighted by molar-refractivity contribution is 5.79. The summed E-state index contributed by atoms with van der Waals surface area (Å²) in [6, 6.07) is 8.39. The molecule has 0 aromatic heterocycles. The van der Waals surface area contributed by atoms with Crippen LogP contribution in [0, 0.1) is 5.92 Å². The molecule has 1 unspecified atom stereocenters. The van der Waals surface area contributed by atoms with Gasteiger partial charge in [-0.1, -0.05) is 19.1 Å². The summed E-state index contributed by atoms with van der Waals surface area (Å²) in [7, 11) is 3.54. The minimum atomic E-state index is 0.0267. The summed E-state index contributed by atoms with van der Waals surface area (Å²) in [5.74, 6) is 1.12. The number of nitrogens with zero attached hydrogens (tertiary/aromatic N) is 1. The van der Waals surface area contributed by atoms with Crippen molar-refractivity contribution < 1.29 is 9.53 Å². The molecule has 1 aliphatic rings. The smallest absolute Gasteiger partial charge is 0.227 e. The van der Waals surface area contributed by atoms with Crippen LogP contribution in [0.5, 0.6) is 5.75 Å². The second-order valence-electron chi connectivity index (χ2n) is 5.50. The number of methoxy groups -OCH3 is 1. The highest BCUT2D eigenvalue weighted by Crippen LogP contribution is 2.30. The van der Waals surface area contributed by atoms with Crippen LogP contribution in [0.3, 0.4) is 0 Å². The lowest BCUT2D eigenvalue weighted by Crippen LogP contribution is -2.39. The zero-order valence-corrected chi connectivity index (χ0v) is 12.6. The number of carbonyl (C=O) groups excluding carboxylic acids is 1. The van der Waals surface area contributed by atoms with Crippen LogP contribution in [0.25, 0.3) is 0 Å². The Morgan fingerprint density at radius 2 is 2.05 bits per heavy atom. The summed E-state index contributed by atoms with van der Waals surface area (Å²) in [6.07, 6.45) is 2.27. The standard InChI is InChI=1S/C16H24N2O2/c1-12(10-17-2)16(19)18(14-6-7-14)11-13-4-8-15(20-3)9-5-13/h4-5,8-9,12,14,17H,6-7,10-11H2,1-3H3. The van der Waals surface area contributed by atoms with Gasteiger partial charge in [0.05, 0.1) is 7.11 Å². The molecule has 2 rings (SSSR count). The minimum Gasteiger partial charge on any atom is -0.497 e. The van der Waals surface area contributed by atoms with Gasteiger partial charge in [0.1, 0.15) is 5.75 Å². The third-order valence-corrected chi connectivity index (χ3v) is 3.71. The van der Waals surface area contributed by atoms with Crippen molar-refractivity contribution >= 4 is 5.91 Å². The number of amides is 1. The normalized spacial score (nSPS) is 15.8. The van der Waals surface area contributed by atoms with Crippen LogP contribution in [-0.4, -0.2) is 37.6 Å². The molecule has 0 spiro atoms. The van der Waals surface area contributed by atoms with Crippen molar-refractivity contribution in [1.29, 1.82) is 0 Å². The zero-order valence-electron chi connectivity index (χ0n) is 12.6. The number of carbonyl (C=O) groups is 1. The molecule has 0 aliphatic heterocycles. The molecule has 0 saturated heterocycles.